The lowest BCUT2D eigenvalue weighted by Crippen LogP contribution is -2.28. The SMILES string of the molecule is O=C(CN1CCC(O)C1)c1sccc1Br. The minimum absolute atomic E-state index is 0.131. The van der Waals surface area contributed by atoms with Gasteiger partial charge in [0, 0.05) is 17.6 Å². The van der Waals surface area contributed by atoms with Crippen molar-refractivity contribution < 1.29 is 9.90 Å². The lowest BCUT2D eigenvalue weighted by atomic mass is 10.3. The van der Waals surface area contributed by atoms with Crippen molar-refractivity contribution in [2.24, 2.45) is 0 Å². The molecule has 5 heteroatoms. The highest BCUT2D eigenvalue weighted by molar-refractivity contribution is 9.10. The number of β-amino-alcohol motifs (C(OH)–C–C–N with tert-alkyl or cyclic N) is 1. The van der Waals surface area contributed by atoms with Crippen LogP contribution >= 0.6 is 27.3 Å². The van der Waals surface area contributed by atoms with E-state index in [0.717, 1.165) is 22.3 Å². The molecule has 1 aromatic heterocycles. The quantitative estimate of drug-likeness (QED) is 0.862. The Morgan fingerprint density at radius 1 is 1.73 bits per heavy atom. The number of likely N-dealkylation sites (tertiary alicyclic amines) is 1. The van der Waals surface area contributed by atoms with E-state index in [4.69, 9.17) is 0 Å². The first-order chi connectivity index (χ1) is 7.16. The number of hydrogen-bond donors (Lipinski definition) is 1. The molecule has 0 saturated carbocycles. The predicted octanol–water partition coefficient (Wildman–Crippen LogP) is 1.76. The molecule has 1 aliphatic heterocycles. The molecule has 82 valence electrons. The van der Waals surface area contributed by atoms with Gasteiger partial charge in [-0.2, -0.15) is 0 Å². The molecular formula is C10H12BrNO2S. The summed E-state index contributed by atoms with van der Waals surface area (Å²) in [6, 6.07) is 1.89. The van der Waals surface area contributed by atoms with Gasteiger partial charge in [0.25, 0.3) is 0 Å². The summed E-state index contributed by atoms with van der Waals surface area (Å²) >= 11 is 4.81. The lowest BCUT2D eigenvalue weighted by molar-refractivity contribution is 0.0938. The van der Waals surface area contributed by atoms with Gasteiger partial charge in [-0.3, -0.25) is 9.69 Å². The van der Waals surface area contributed by atoms with Crippen LogP contribution in [0.15, 0.2) is 15.9 Å². The standard InChI is InChI=1S/C10H12BrNO2S/c11-8-2-4-15-10(8)9(14)6-12-3-1-7(13)5-12/h2,4,7,13H,1,3,5-6H2. The summed E-state index contributed by atoms with van der Waals surface area (Å²) in [5.74, 6) is 0.131. The Labute approximate surface area is 101 Å². The summed E-state index contributed by atoms with van der Waals surface area (Å²) in [6.45, 7) is 1.85. The molecule has 1 atom stereocenters. The van der Waals surface area contributed by atoms with E-state index < -0.39 is 0 Å². The van der Waals surface area contributed by atoms with Gasteiger partial charge in [0.2, 0.25) is 0 Å². The number of Topliss-reactive ketones (excluding diaryl/α,β-unsaturated/α-hetero) is 1. The molecule has 0 bridgehead atoms. The van der Waals surface area contributed by atoms with E-state index in [9.17, 15) is 9.90 Å². The van der Waals surface area contributed by atoms with Crippen LogP contribution in [-0.4, -0.2) is 41.5 Å². The van der Waals surface area contributed by atoms with E-state index in [0.29, 0.717) is 13.1 Å². The van der Waals surface area contributed by atoms with Crippen LogP contribution in [0.1, 0.15) is 16.1 Å². The molecule has 1 unspecified atom stereocenters. The second-order valence-corrected chi connectivity index (χ2v) is 5.47. The van der Waals surface area contributed by atoms with Crippen molar-refractivity contribution in [1.29, 1.82) is 0 Å². The monoisotopic (exact) mass is 289 g/mol. The highest BCUT2D eigenvalue weighted by Gasteiger charge is 2.23. The number of aliphatic hydroxyl groups is 1. The number of nitrogens with zero attached hydrogens (tertiary/aromatic N) is 1. The Morgan fingerprint density at radius 2 is 2.53 bits per heavy atom. The molecule has 15 heavy (non-hydrogen) atoms. The third kappa shape index (κ3) is 2.66. The van der Waals surface area contributed by atoms with E-state index in [1.165, 1.54) is 11.3 Å². The number of rotatable bonds is 3. The second kappa shape index (κ2) is 4.74. The highest BCUT2D eigenvalue weighted by atomic mass is 79.9. The number of thiophene rings is 1. The molecule has 0 amide bonds. The van der Waals surface area contributed by atoms with E-state index in [-0.39, 0.29) is 11.9 Å². The van der Waals surface area contributed by atoms with Gasteiger partial charge >= 0.3 is 0 Å². The van der Waals surface area contributed by atoms with Gasteiger partial charge < -0.3 is 5.11 Å². The van der Waals surface area contributed by atoms with E-state index in [2.05, 4.69) is 15.9 Å². The van der Waals surface area contributed by atoms with Crippen molar-refractivity contribution in [3.8, 4) is 0 Å². The Balaban J connectivity index is 1.96. The molecule has 1 aromatic rings. The smallest absolute Gasteiger partial charge is 0.187 e. The molecule has 1 N–H and O–H groups in total. The fourth-order valence-electron chi connectivity index (χ4n) is 1.72. The lowest BCUT2D eigenvalue weighted by Gasteiger charge is -2.12. The summed E-state index contributed by atoms with van der Waals surface area (Å²) < 4.78 is 0.872. The average molecular weight is 290 g/mol. The number of ketones is 1. The van der Waals surface area contributed by atoms with Crippen molar-refractivity contribution in [3.05, 3.63) is 20.8 Å². The third-order valence-corrected chi connectivity index (χ3v) is 4.36. The van der Waals surface area contributed by atoms with Crippen molar-refractivity contribution in [3.63, 3.8) is 0 Å². The van der Waals surface area contributed by atoms with Crippen LogP contribution in [0, 0.1) is 0 Å². The van der Waals surface area contributed by atoms with E-state index in [1.54, 1.807) is 0 Å². The fourth-order valence-corrected chi connectivity index (χ4v) is 3.25. The van der Waals surface area contributed by atoms with Crippen LogP contribution in [0.25, 0.3) is 0 Å². The molecule has 1 saturated heterocycles. The topological polar surface area (TPSA) is 40.5 Å². The summed E-state index contributed by atoms with van der Waals surface area (Å²) in [5, 5.41) is 11.2. The molecule has 0 aliphatic carbocycles. The third-order valence-electron chi connectivity index (χ3n) is 2.49. The Bertz CT molecular complexity index is 366. The van der Waals surface area contributed by atoms with E-state index >= 15 is 0 Å². The first-order valence-corrected chi connectivity index (χ1v) is 6.50. The first kappa shape index (κ1) is 11.3. The summed E-state index contributed by atoms with van der Waals surface area (Å²) in [6.07, 6.45) is 0.517. The minimum Gasteiger partial charge on any atom is -0.392 e. The van der Waals surface area contributed by atoms with Crippen LogP contribution < -0.4 is 0 Å². The number of carbonyl (C=O) groups excluding carboxylic acids is 1. The molecule has 0 spiro atoms. The maximum Gasteiger partial charge on any atom is 0.187 e. The second-order valence-electron chi connectivity index (χ2n) is 3.70. The van der Waals surface area contributed by atoms with Crippen molar-refractivity contribution in [2.75, 3.05) is 19.6 Å². The van der Waals surface area contributed by atoms with E-state index in [1.807, 2.05) is 16.3 Å². The maximum absolute atomic E-state index is 11.8. The highest BCUT2D eigenvalue weighted by Crippen LogP contribution is 2.23. The first-order valence-electron chi connectivity index (χ1n) is 4.83. The number of halogens is 1. The molecular weight excluding hydrogens is 278 g/mol. The minimum atomic E-state index is -0.260. The number of hydrogen-bond acceptors (Lipinski definition) is 4. The van der Waals surface area contributed by atoms with Crippen LogP contribution in [0.4, 0.5) is 0 Å². The maximum atomic E-state index is 11.8. The van der Waals surface area contributed by atoms with Gasteiger partial charge in [-0.1, -0.05) is 0 Å². The molecule has 2 rings (SSSR count). The largest absolute Gasteiger partial charge is 0.392 e. The van der Waals surface area contributed by atoms with Crippen molar-refractivity contribution in [2.45, 2.75) is 12.5 Å². The summed E-state index contributed by atoms with van der Waals surface area (Å²) in [7, 11) is 0. The van der Waals surface area contributed by atoms with Crippen LogP contribution in [-0.2, 0) is 0 Å². The van der Waals surface area contributed by atoms with Gasteiger partial charge in [-0.15, -0.1) is 11.3 Å². The van der Waals surface area contributed by atoms with Gasteiger partial charge in [0.1, 0.15) is 0 Å². The zero-order valence-electron chi connectivity index (χ0n) is 8.15. The molecule has 2 heterocycles. The fraction of sp³-hybridized carbons (Fsp3) is 0.500. The van der Waals surface area contributed by atoms with Gasteiger partial charge in [0.15, 0.2) is 5.78 Å². The van der Waals surface area contributed by atoms with Gasteiger partial charge in [-0.05, 0) is 33.8 Å². The molecule has 3 nitrogen and oxygen atoms in total. The van der Waals surface area contributed by atoms with Gasteiger partial charge in [-0.25, -0.2) is 0 Å². The molecule has 1 aliphatic rings. The van der Waals surface area contributed by atoms with Crippen molar-refractivity contribution in [1.82, 2.24) is 4.90 Å². The van der Waals surface area contributed by atoms with Crippen molar-refractivity contribution >= 4 is 33.0 Å². The molecule has 0 radical (unpaired) electrons. The molecule has 0 aromatic carbocycles. The zero-order chi connectivity index (χ0) is 10.8. The Kier molecular flexibility index (Phi) is 3.56. The van der Waals surface area contributed by atoms with Crippen LogP contribution in [0.2, 0.25) is 0 Å². The summed E-state index contributed by atoms with van der Waals surface area (Å²) in [5.41, 5.74) is 0. The van der Waals surface area contributed by atoms with Crippen LogP contribution in [0.5, 0.6) is 0 Å². The summed E-state index contributed by atoms with van der Waals surface area (Å²) in [4.78, 5) is 14.6. The van der Waals surface area contributed by atoms with Gasteiger partial charge in [0.05, 0.1) is 17.5 Å². The normalized spacial score (nSPS) is 22.1. The Morgan fingerprint density at radius 3 is 3.07 bits per heavy atom. The number of aliphatic hydroxyl groups excluding tert-OH is 1. The Hall–Kier alpha value is -0.230. The average Bonchev–Trinajstić information content (AvgIpc) is 2.75. The number of carbonyl (C=O) groups is 1. The molecule has 1 fully saturated rings. The van der Waals surface area contributed by atoms with Crippen LogP contribution in [0.3, 0.4) is 0 Å². The zero-order valence-corrected chi connectivity index (χ0v) is 10.6. The predicted molar refractivity (Wildman–Crippen MR) is 63.4 cm³/mol.